The number of aryl methyl sites for hydroxylation is 1. The topological polar surface area (TPSA) is 38.7 Å². The van der Waals surface area contributed by atoms with E-state index in [9.17, 15) is 4.39 Å². The maximum absolute atomic E-state index is 13.6. The molecule has 3 aromatic heterocycles. The van der Waals surface area contributed by atoms with E-state index in [0.29, 0.717) is 5.56 Å². The van der Waals surface area contributed by atoms with Crippen molar-refractivity contribution in [1.29, 1.82) is 0 Å². The molecule has 0 amide bonds. The van der Waals surface area contributed by atoms with Gasteiger partial charge in [0, 0.05) is 35.1 Å². The van der Waals surface area contributed by atoms with Gasteiger partial charge in [0.2, 0.25) is 0 Å². The van der Waals surface area contributed by atoms with Gasteiger partial charge in [0.25, 0.3) is 0 Å². The molecular formula is C20H14FN3. The van der Waals surface area contributed by atoms with Crippen molar-refractivity contribution >= 4 is 10.9 Å². The molecule has 4 rings (SSSR count). The van der Waals surface area contributed by atoms with Crippen molar-refractivity contribution < 1.29 is 4.39 Å². The van der Waals surface area contributed by atoms with E-state index in [-0.39, 0.29) is 5.82 Å². The van der Waals surface area contributed by atoms with Gasteiger partial charge in [0.05, 0.1) is 16.9 Å². The lowest BCUT2D eigenvalue weighted by Gasteiger charge is -2.10. The second-order valence-electron chi connectivity index (χ2n) is 5.63. The summed E-state index contributed by atoms with van der Waals surface area (Å²) < 4.78 is 13.6. The molecule has 1 aromatic carbocycles. The van der Waals surface area contributed by atoms with Crippen LogP contribution in [0.4, 0.5) is 4.39 Å². The first-order valence-corrected chi connectivity index (χ1v) is 7.65. The molecule has 4 aromatic rings. The fourth-order valence-corrected chi connectivity index (χ4v) is 2.75. The highest BCUT2D eigenvalue weighted by Crippen LogP contribution is 2.30. The summed E-state index contributed by atoms with van der Waals surface area (Å²) in [6.45, 7) is 1.75. The van der Waals surface area contributed by atoms with Gasteiger partial charge in [-0.25, -0.2) is 9.37 Å². The number of benzene rings is 1. The molecule has 24 heavy (non-hydrogen) atoms. The van der Waals surface area contributed by atoms with Gasteiger partial charge in [0.15, 0.2) is 0 Å². The average molecular weight is 315 g/mol. The summed E-state index contributed by atoms with van der Waals surface area (Å²) in [6, 6.07) is 14.7. The van der Waals surface area contributed by atoms with E-state index in [4.69, 9.17) is 4.98 Å². The predicted octanol–water partition coefficient (Wildman–Crippen LogP) is 4.81. The summed E-state index contributed by atoms with van der Waals surface area (Å²) in [6.07, 6.45) is 5.26. The van der Waals surface area contributed by atoms with Crippen molar-refractivity contribution in [1.82, 2.24) is 15.0 Å². The van der Waals surface area contributed by atoms with Crippen LogP contribution in [0.25, 0.3) is 33.4 Å². The van der Waals surface area contributed by atoms with Gasteiger partial charge in [-0.15, -0.1) is 0 Å². The maximum atomic E-state index is 13.6. The third kappa shape index (κ3) is 2.52. The standard InChI is InChI=1S/C20H14FN3/c1-13-11-14(4-6-17(13)21)20-16(3-2-9-23-20)19-7-5-15-12-22-10-8-18(15)24-19/h2-12H,1H3. The highest BCUT2D eigenvalue weighted by atomic mass is 19.1. The van der Waals surface area contributed by atoms with Crippen LogP contribution in [0, 0.1) is 12.7 Å². The molecule has 3 heterocycles. The van der Waals surface area contributed by atoms with Crippen LogP contribution < -0.4 is 0 Å². The zero-order chi connectivity index (χ0) is 16.5. The normalized spacial score (nSPS) is 10.9. The van der Waals surface area contributed by atoms with Gasteiger partial charge >= 0.3 is 0 Å². The van der Waals surface area contributed by atoms with E-state index < -0.39 is 0 Å². The van der Waals surface area contributed by atoms with Crippen LogP contribution in [-0.4, -0.2) is 15.0 Å². The highest BCUT2D eigenvalue weighted by Gasteiger charge is 2.11. The molecule has 0 unspecified atom stereocenters. The van der Waals surface area contributed by atoms with E-state index in [2.05, 4.69) is 9.97 Å². The Labute approximate surface area is 138 Å². The number of hydrogen-bond donors (Lipinski definition) is 0. The minimum atomic E-state index is -0.215. The first-order valence-electron chi connectivity index (χ1n) is 7.65. The van der Waals surface area contributed by atoms with Gasteiger partial charge < -0.3 is 0 Å². The van der Waals surface area contributed by atoms with Gasteiger partial charge in [-0.1, -0.05) is 0 Å². The Morgan fingerprint density at radius 3 is 2.75 bits per heavy atom. The highest BCUT2D eigenvalue weighted by molar-refractivity contribution is 5.84. The zero-order valence-electron chi connectivity index (χ0n) is 13.1. The first kappa shape index (κ1) is 14.5. The van der Waals surface area contributed by atoms with Crippen molar-refractivity contribution in [3.8, 4) is 22.5 Å². The predicted molar refractivity (Wildman–Crippen MR) is 92.9 cm³/mol. The third-order valence-electron chi connectivity index (χ3n) is 4.00. The number of halogens is 1. The molecular weight excluding hydrogens is 301 g/mol. The van der Waals surface area contributed by atoms with Gasteiger partial charge in [-0.05, 0) is 61.0 Å². The Kier molecular flexibility index (Phi) is 3.50. The molecule has 4 heteroatoms. The lowest BCUT2D eigenvalue weighted by molar-refractivity contribution is 0.619. The number of fused-ring (bicyclic) bond motifs is 1. The minimum absolute atomic E-state index is 0.215. The summed E-state index contributed by atoms with van der Waals surface area (Å²) in [5.41, 5.74) is 4.90. The minimum Gasteiger partial charge on any atom is -0.264 e. The Balaban J connectivity index is 1.90. The monoisotopic (exact) mass is 315 g/mol. The lowest BCUT2D eigenvalue weighted by Crippen LogP contribution is -1.93. The van der Waals surface area contributed by atoms with E-state index >= 15 is 0 Å². The largest absolute Gasteiger partial charge is 0.264 e. The number of pyridine rings is 3. The Morgan fingerprint density at radius 1 is 0.958 bits per heavy atom. The van der Waals surface area contributed by atoms with Crippen molar-refractivity contribution in [2.24, 2.45) is 0 Å². The number of nitrogens with zero attached hydrogens (tertiary/aromatic N) is 3. The molecule has 0 spiro atoms. The first-order chi connectivity index (χ1) is 11.7. The van der Waals surface area contributed by atoms with Gasteiger partial charge in [0.1, 0.15) is 5.82 Å². The molecule has 0 N–H and O–H groups in total. The Morgan fingerprint density at radius 2 is 1.88 bits per heavy atom. The second-order valence-corrected chi connectivity index (χ2v) is 5.63. The van der Waals surface area contributed by atoms with Crippen LogP contribution in [0.2, 0.25) is 0 Å². The van der Waals surface area contributed by atoms with Crippen molar-refractivity contribution in [2.75, 3.05) is 0 Å². The molecule has 0 atom stereocenters. The molecule has 0 radical (unpaired) electrons. The maximum Gasteiger partial charge on any atom is 0.126 e. The van der Waals surface area contributed by atoms with Crippen LogP contribution in [0.5, 0.6) is 0 Å². The molecule has 116 valence electrons. The Hall–Kier alpha value is -3.14. The quantitative estimate of drug-likeness (QED) is 0.533. The zero-order valence-corrected chi connectivity index (χ0v) is 13.1. The van der Waals surface area contributed by atoms with Gasteiger partial charge in [-0.2, -0.15) is 0 Å². The second kappa shape index (κ2) is 5.81. The molecule has 0 aliphatic rings. The molecule has 0 fully saturated rings. The molecule has 0 saturated carbocycles. The summed E-state index contributed by atoms with van der Waals surface area (Å²) in [5.74, 6) is -0.215. The van der Waals surface area contributed by atoms with E-state index in [1.807, 2.05) is 36.4 Å². The third-order valence-corrected chi connectivity index (χ3v) is 4.00. The van der Waals surface area contributed by atoms with Crippen LogP contribution in [0.1, 0.15) is 5.56 Å². The Bertz CT molecular complexity index is 1040. The van der Waals surface area contributed by atoms with Crippen molar-refractivity contribution in [2.45, 2.75) is 6.92 Å². The van der Waals surface area contributed by atoms with Gasteiger partial charge in [-0.3, -0.25) is 9.97 Å². The summed E-state index contributed by atoms with van der Waals surface area (Å²) in [7, 11) is 0. The lowest BCUT2D eigenvalue weighted by atomic mass is 10.0. The molecule has 0 bridgehead atoms. The summed E-state index contributed by atoms with van der Waals surface area (Å²) in [5, 5.41) is 0.990. The molecule has 0 aliphatic heterocycles. The van der Waals surface area contributed by atoms with Crippen LogP contribution in [0.3, 0.4) is 0 Å². The van der Waals surface area contributed by atoms with Crippen molar-refractivity contribution in [3.05, 3.63) is 78.5 Å². The van der Waals surface area contributed by atoms with Crippen molar-refractivity contribution in [3.63, 3.8) is 0 Å². The fourth-order valence-electron chi connectivity index (χ4n) is 2.75. The van der Waals surface area contributed by atoms with E-state index in [1.165, 1.54) is 6.07 Å². The smallest absolute Gasteiger partial charge is 0.126 e. The molecule has 0 aliphatic carbocycles. The number of rotatable bonds is 2. The van der Waals surface area contributed by atoms with Crippen LogP contribution in [-0.2, 0) is 0 Å². The molecule has 0 saturated heterocycles. The average Bonchev–Trinajstić information content (AvgIpc) is 2.63. The summed E-state index contributed by atoms with van der Waals surface area (Å²) in [4.78, 5) is 13.3. The van der Waals surface area contributed by atoms with Crippen LogP contribution in [0.15, 0.2) is 67.1 Å². The number of aromatic nitrogens is 3. The van der Waals surface area contributed by atoms with Crippen LogP contribution >= 0.6 is 0 Å². The summed E-state index contributed by atoms with van der Waals surface area (Å²) >= 11 is 0. The van der Waals surface area contributed by atoms with E-state index in [0.717, 1.165) is 33.4 Å². The SMILES string of the molecule is Cc1cc(-c2ncccc2-c2ccc3cnccc3n2)ccc1F. The fraction of sp³-hybridized carbons (Fsp3) is 0.0500. The van der Waals surface area contributed by atoms with E-state index in [1.54, 1.807) is 31.6 Å². The number of hydrogen-bond acceptors (Lipinski definition) is 3. The molecule has 3 nitrogen and oxygen atoms in total.